The summed E-state index contributed by atoms with van der Waals surface area (Å²) in [5.74, 6) is -1.94. The Morgan fingerprint density at radius 2 is 1.84 bits per heavy atom. The standard InChI is InChI=1S/C12H12F2S.C2H6ClN/c13-12(14)7-5-10(6-8-12)9-1-3-11(15)4-2-9;3-1-2-4/h1-5,15H,6-8H2;1-2,4H2. The highest BCUT2D eigenvalue weighted by Crippen LogP contribution is 2.36. The van der Waals surface area contributed by atoms with E-state index in [0.29, 0.717) is 18.8 Å². The Kier molecular flexibility index (Phi) is 6.83. The lowest BCUT2D eigenvalue weighted by Crippen LogP contribution is -2.18. The van der Waals surface area contributed by atoms with Gasteiger partial charge in [0.25, 0.3) is 5.92 Å². The minimum atomic E-state index is -2.51. The van der Waals surface area contributed by atoms with E-state index < -0.39 is 5.92 Å². The predicted octanol–water partition coefficient (Wildman–Crippen LogP) is 4.36. The number of rotatable bonds is 2. The molecule has 5 heteroatoms. The highest BCUT2D eigenvalue weighted by Gasteiger charge is 2.30. The van der Waals surface area contributed by atoms with Crippen molar-refractivity contribution < 1.29 is 8.78 Å². The fourth-order valence-electron chi connectivity index (χ4n) is 1.73. The first-order valence-corrected chi connectivity index (χ1v) is 7.09. The molecule has 19 heavy (non-hydrogen) atoms. The van der Waals surface area contributed by atoms with Gasteiger partial charge in [-0.05, 0) is 29.7 Å². The maximum atomic E-state index is 12.9. The molecule has 0 radical (unpaired) electrons. The zero-order valence-electron chi connectivity index (χ0n) is 10.6. The van der Waals surface area contributed by atoms with Gasteiger partial charge in [-0.25, -0.2) is 8.78 Å². The molecule has 0 aromatic heterocycles. The van der Waals surface area contributed by atoms with Crippen molar-refractivity contribution in [1.29, 1.82) is 0 Å². The SMILES string of the molecule is FC1(F)CC=C(c2ccc(S)cc2)CC1.NCCCl. The van der Waals surface area contributed by atoms with Gasteiger partial charge in [0.05, 0.1) is 0 Å². The molecule has 0 fully saturated rings. The molecule has 106 valence electrons. The van der Waals surface area contributed by atoms with E-state index in [-0.39, 0.29) is 12.8 Å². The predicted molar refractivity (Wildman–Crippen MR) is 80.2 cm³/mol. The van der Waals surface area contributed by atoms with Crippen molar-refractivity contribution in [3.63, 3.8) is 0 Å². The Balaban J connectivity index is 0.000000399. The smallest absolute Gasteiger partial charge is 0.251 e. The third kappa shape index (κ3) is 5.93. The molecule has 0 saturated carbocycles. The Morgan fingerprint density at radius 1 is 1.26 bits per heavy atom. The topological polar surface area (TPSA) is 26.0 Å². The number of alkyl halides is 3. The Bertz CT molecular complexity index is 416. The van der Waals surface area contributed by atoms with Gasteiger partial charge in [0.2, 0.25) is 0 Å². The van der Waals surface area contributed by atoms with Crippen LogP contribution in [0.1, 0.15) is 24.8 Å². The van der Waals surface area contributed by atoms with Crippen molar-refractivity contribution in [3.8, 4) is 0 Å². The molecule has 1 nitrogen and oxygen atoms in total. The Hall–Kier alpha value is -0.580. The van der Waals surface area contributed by atoms with E-state index in [1.54, 1.807) is 6.08 Å². The molecular formula is C14H18ClF2NS. The average Bonchev–Trinajstić information content (AvgIpc) is 2.40. The van der Waals surface area contributed by atoms with Crippen LogP contribution in [0, 0.1) is 0 Å². The van der Waals surface area contributed by atoms with Crippen LogP contribution < -0.4 is 5.73 Å². The van der Waals surface area contributed by atoms with Crippen molar-refractivity contribution in [3.05, 3.63) is 35.9 Å². The van der Waals surface area contributed by atoms with Crippen molar-refractivity contribution in [2.24, 2.45) is 5.73 Å². The van der Waals surface area contributed by atoms with Crippen LogP contribution in [0.4, 0.5) is 8.78 Å². The summed E-state index contributed by atoms with van der Waals surface area (Å²) in [7, 11) is 0. The van der Waals surface area contributed by atoms with E-state index in [9.17, 15) is 8.78 Å². The summed E-state index contributed by atoms with van der Waals surface area (Å²) < 4.78 is 25.8. The lowest BCUT2D eigenvalue weighted by Gasteiger charge is -2.21. The van der Waals surface area contributed by atoms with Gasteiger partial charge in [-0.1, -0.05) is 18.2 Å². The zero-order chi connectivity index (χ0) is 14.3. The summed E-state index contributed by atoms with van der Waals surface area (Å²) in [5.41, 5.74) is 6.95. The number of allylic oxidation sites excluding steroid dienone is 2. The van der Waals surface area contributed by atoms with Crippen LogP contribution in [0.5, 0.6) is 0 Å². The molecule has 2 rings (SSSR count). The van der Waals surface area contributed by atoms with Gasteiger partial charge >= 0.3 is 0 Å². The number of nitrogens with two attached hydrogens (primary N) is 1. The highest BCUT2D eigenvalue weighted by molar-refractivity contribution is 7.80. The van der Waals surface area contributed by atoms with Crippen LogP contribution in [0.25, 0.3) is 5.57 Å². The van der Waals surface area contributed by atoms with E-state index in [2.05, 4.69) is 12.6 Å². The molecule has 1 aliphatic rings. The largest absolute Gasteiger partial charge is 0.329 e. The monoisotopic (exact) mass is 305 g/mol. The van der Waals surface area contributed by atoms with E-state index in [1.165, 1.54) is 0 Å². The maximum absolute atomic E-state index is 12.9. The third-order valence-corrected chi connectivity index (χ3v) is 3.27. The van der Waals surface area contributed by atoms with Crippen LogP contribution in [-0.4, -0.2) is 18.3 Å². The molecule has 0 atom stereocenters. The van der Waals surface area contributed by atoms with Gasteiger partial charge in [0, 0.05) is 30.2 Å². The van der Waals surface area contributed by atoms with Crippen LogP contribution in [0.3, 0.4) is 0 Å². The molecule has 0 unspecified atom stereocenters. The summed E-state index contributed by atoms with van der Waals surface area (Å²) in [6, 6.07) is 7.62. The molecule has 0 saturated heterocycles. The molecular weight excluding hydrogens is 288 g/mol. The van der Waals surface area contributed by atoms with Gasteiger partial charge in [-0.3, -0.25) is 0 Å². The molecule has 0 heterocycles. The molecule has 1 aromatic rings. The summed E-state index contributed by atoms with van der Waals surface area (Å²) in [5, 5.41) is 0. The number of hydrogen-bond acceptors (Lipinski definition) is 2. The van der Waals surface area contributed by atoms with Crippen molar-refractivity contribution in [2.45, 2.75) is 30.1 Å². The minimum Gasteiger partial charge on any atom is -0.329 e. The Labute approximate surface area is 123 Å². The fraction of sp³-hybridized carbons (Fsp3) is 0.429. The number of hydrogen-bond donors (Lipinski definition) is 2. The summed E-state index contributed by atoms with van der Waals surface area (Å²) in [4.78, 5) is 0.889. The highest BCUT2D eigenvalue weighted by atomic mass is 35.5. The fourth-order valence-corrected chi connectivity index (χ4v) is 1.88. The third-order valence-electron chi connectivity index (χ3n) is 2.75. The van der Waals surface area contributed by atoms with Crippen LogP contribution in [0.15, 0.2) is 35.2 Å². The first-order valence-electron chi connectivity index (χ1n) is 6.11. The van der Waals surface area contributed by atoms with E-state index in [4.69, 9.17) is 17.3 Å². The minimum absolute atomic E-state index is 0.0402. The first-order chi connectivity index (χ1) is 8.98. The number of thiol groups is 1. The lowest BCUT2D eigenvalue weighted by molar-refractivity contribution is -0.00602. The second-order valence-electron chi connectivity index (χ2n) is 4.31. The van der Waals surface area contributed by atoms with Gasteiger partial charge in [-0.2, -0.15) is 0 Å². The molecule has 0 aliphatic heterocycles. The van der Waals surface area contributed by atoms with E-state index >= 15 is 0 Å². The zero-order valence-corrected chi connectivity index (χ0v) is 12.2. The molecule has 0 bridgehead atoms. The molecule has 0 amide bonds. The summed E-state index contributed by atoms with van der Waals surface area (Å²) >= 11 is 9.24. The van der Waals surface area contributed by atoms with Gasteiger partial charge in [0.1, 0.15) is 0 Å². The summed E-state index contributed by atoms with van der Waals surface area (Å²) in [6.07, 6.45) is 1.93. The van der Waals surface area contributed by atoms with Gasteiger partial charge in [0.15, 0.2) is 0 Å². The first kappa shape index (κ1) is 16.5. The quantitative estimate of drug-likeness (QED) is 0.616. The van der Waals surface area contributed by atoms with Crippen molar-refractivity contribution in [1.82, 2.24) is 0 Å². The number of benzene rings is 1. The Morgan fingerprint density at radius 3 is 2.26 bits per heavy atom. The second kappa shape index (κ2) is 7.88. The molecule has 2 N–H and O–H groups in total. The molecule has 1 aliphatic carbocycles. The van der Waals surface area contributed by atoms with Crippen molar-refractivity contribution >= 4 is 29.8 Å². The molecule has 0 spiro atoms. The second-order valence-corrected chi connectivity index (χ2v) is 5.21. The normalized spacial score (nSPS) is 17.2. The van der Waals surface area contributed by atoms with Gasteiger partial charge < -0.3 is 5.73 Å². The molecule has 1 aromatic carbocycles. The lowest BCUT2D eigenvalue weighted by atomic mass is 9.91. The van der Waals surface area contributed by atoms with E-state index in [1.807, 2.05) is 24.3 Å². The summed E-state index contributed by atoms with van der Waals surface area (Å²) in [6.45, 7) is 0.585. The van der Waals surface area contributed by atoms with Crippen molar-refractivity contribution in [2.75, 3.05) is 12.4 Å². The van der Waals surface area contributed by atoms with Crippen LogP contribution in [0.2, 0.25) is 0 Å². The average molecular weight is 306 g/mol. The maximum Gasteiger partial charge on any atom is 0.251 e. The van der Waals surface area contributed by atoms with Gasteiger partial charge in [-0.15, -0.1) is 24.2 Å². The van der Waals surface area contributed by atoms with Crippen LogP contribution in [-0.2, 0) is 0 Å². The van der Waals surface area contributed by atoms with Crippen LogP contribution >= 0.6 is 24.2 Å². The van der Waals surface area contributed by atoms with E-state index in [0.717, 1.165) is 16.0 Å². The number of halogens is 3.